The van der Waals surface area contributed by atoms with Gasteiger partial charge in [0.15, 0.2) is 0 Å². The van der Waals surface area contributed by atoms with E-state index in [0.29, 0.717) is 19.3 Å². The fraction of sp³-hybridized carbons (Fsp3) is 0.900. The second kappa shape index (κ2) is 6.73. The van der Waals surface area contributed by atoms with Gasteiger partial charge >= 0.3 is 6.18 Å². The molecule has 0 spiro atoms. The third-order valence-electron chi connectivity index (χ3n) is 2.09. The van der Waals surface area contributed by atoms with E-state index in [1.54, 1.807) is 6.92 Å². The zero-order chi connectivity index (χ0) is 12.8. The molecule has 1 amide bonds. The Morgan fingerprint density at radius 2 is 1.88 bits per heavy atom. The maximum atomic E-state index is 12.2. The average Bonchev–Trinajstić information content (AvgIpc) is 2.14. The van der Waals surface area contributed by atoms with Gasteiger partial charge in [0.1, 0.15) is 6.54 Å². The molecule has 0 bridgehead atoms. The lowest BCUT2D eigenvalue weighted by molar-refractivity contribution is -0.162. The fourth-order valence-electron chi connectivity index (χ4n) is 1.42. The third kappa shape index (κ3) is 5.95. The summed E-state index contributed by atoms with van der Waals surface area (Å²) in [5.74, 6) is -0.610. The minimum Gasteiger partial charge on any atom is -0.332 e. The SMILES string of the molecule is CCC[C@@H](N)C(=O)N(CCC)CC(F)(F)F. The van der Waals surface area contributed by atoms with Crippen LogP contribution >= 0.6 is 0 Å². The number of amides is 1. The van der Waals surface area contributed by atoms with Crippen molar-refractivity contribution < 1.29 is 18.0 Å². The first-order valence-electron chi connectivity index (χ1n) is 5.43. The van der Waals surface area contributed by atoms with Crippen molar-refractivity contribution in [2.75, 3.05) is 13.1 Å². The van der Waals surface area contributed by atoms with Gasteiger partial charge in [0.05, 0.1) is 6.04 Å². The van der Waals surface area contributed by atoms with Gasteiger partial charge in [-0.15, -0.1) is 0 Å². The van der Waals surface area contributed by atoms with Crippen LogP contribution in [0.4, 0.5) is 13.2 Å². The Kier molecular flexibility index (Phi) is 6.40. The van der Waals surface area contributed by atoms with Crippen LogP contribution in [0.3, 0.4) is 0 Å². The molecule has 0 saturated heterocycles. The Labute approximate surface area is 93.8 Å². The number of halogens is 3. The van der Waals surface area contributed by atoms with Crippen molar-refractivity contribution in [2.45, 2.75) is 45.3 Å². The van der Waals surface area contributed by atoms with Gasteiger partial charge in [-0.2, -0.15) is 13.2 Å². The maximum absolute atomic E-state index is 12.2. The fourth-order valence-corrected chi connectivity index (χ4v) is 1.42. The van der Waals surface area contributed by atoms with Gasteiger partial charge in [-0.25, -0.2) is 0 Å². The van der Waals surface area contributed by atoms with E-state index >= 15 is 0 Å². The summed E-state index contributed by atoms with van der Waals surface area (Å²) in [4.78, 5) is 12.4. The van der Waals surface area contributed by atoms with E-state index in [9.17, 15) is 18.0 Å². The van der Waals surface area contributed by atoms with Crippen LogP contribution in [-0.4, -0.2) is 36.1 Å². The second-order valence-corrected chi connectivity index (χ2v) is 3.77. The molecule has 0 heterocycles. The Hall–Kier alpha value is -0.780. The topological polar surface area (TPSA) is 46.3 Å². The zero-order valence-electron chi connectivity index (χ0n) is 9.68. The Morgan fingerprint density at radius 1 is 1.31 bits per heavy atom. The van der Waals surface area contributed by atoms with E-state index in [1.807, 2.05) is 6.92 Å². The van der Waals surface area contributed by atoms with Gasteiger partial charge < -0.3 is 10.6 Å². The summed E-state index contributed by atoms with van der Waals surface area (Å²) in [6.45, 7) is 2.44. The molecule has 0 aromatic rings. The van der Waals surface area contributed by atoms with Gasteiger partial charge in [-0.3, -0.25) is 4.79 Å². The second-order valence-electron chi connectivity index (χ2n) is 3.77. The van der Waals surface area contributed by atoms with Gasteiger partial charge in [-0.1, -0.05) is 20.3 Å². The number of hydrogen-bond acceptors (Lipinski definition) is 2. The quantitative estimate of drug-likeness (QED) is 0.771. The minimum atomic E-state index is -4.36. The Balaban J connectivity index is 4.46. The maximum Gasteiger partial charge on any atom is 0.406 e. The van der Waals surface area contributed by atoms with E-state index in [2.05, 4.69) is 0 Å². The molecule has 0 radical (unpaired) electrons. The highest BCUT2D eigenvalue weighted by Crippen LogP contribution is 2.17. The molecule has 2 N–H and O–H groups in total. The van der Waals surface area contributed by atoms with Crippen LogP contribution in [-0.2, 0) is 4.79 Å². The molecule has 0 fully saturated rings. The number of hydrogen-bond donors (Lipinski definition) is 1. The molecule has 0 aliphatic carbocycles. The van der Waals surface area contributed by atoms with Crippen LogP contribution < -0.4 is 5.73 Å². The molecule has 0 saturated carbocycles. The molecule has 6 heteroatoms. The van der Waals surface area contributed by atoms with Crippen molar-refractivity contribution in [1.82, 2.24) is 4.90 Å². The van der Waals surface area contributed by atoms with Crippen LogP contribution in [0, 0.1) is 0 Å². The molecule has 96 valence electrons. The summed E-state index contributed by atoms with van der Waals surface area (Å²) in [7, 11) is 0. The highest BCUT2D eigenvalue weighted by atomic mass is 19.4. The first kappa shape index (κ1) is 15.2. The predicted octanol–water partition coefficient (Wildman–Crippen LogP) is 1.91. The van der Waals surface area contributed by atoms with Crippen LogP contribution in [0.15, 0.2) is 0 Å². The lowest BCUT2D eigenvalue weighted by atomic mass is 10.1. The lowest BCUT2D eigenvalue weighted by Gasteiger charge is -2.26. The van der Waals surface area contributed by atoms with Crippen LogP contribution in [0.5, 0.6) is 0 Å². The van der Waals surface area contributed by atoms with E-state index in [1.165, 1.54) is 0 Å². The number of carbonyl (C=O) groups is 1. The molecule has 0 aromatic carbocycles. The largest absolute Gasteiger partial charge is 0.406 e. The number of alkyl halides is 3. The van der Waals surface area contributed by atoms with Gasteiger partial charge in [0.2, 0.25) is 5.91 Å². The number of carbonyl (C=O) groups excluding carboxylic acids is 1. The number of nitrogens with two attached hydrogens (primary N) is 1. The summed E-state index contributed by atoms with van der Waals surface area (Å²) in [5, 5.41) is 0. The van der Waals surface area contributed by atoms with Crippen molar-refractivity contribution in [3.63, 3.8) is 0 Å². The summed E-state index contributed by atoms with van der Waals surface area (Å²) in [6, 6.07) is -0.820. The Bertz CT molecular complexity index is 219. The average molecular weight is 240 g/mol. The smallest absolute Gasteiger partial charge is 0.332 e. The molecule has 16 heavy (non-hydrogen) atoms. The van der Waals surface area contributed by atoms with Gasteiger partial charge in [0.25, 0.3) is 0 Å². The normalized spacial score (nSPS) is 13.6. The summed E-state index contributed by atoms with van der Waals surface area (Å²) >= 11 is 0. The summed E-state index contributed by atoms with van der Waals surface area (Å²) < 4.78 is 36.6. The van der Waals surface area contributed by atoms with Crippen molar-refractivity contribution in [3.05, 3.63) is 0 Å². The first-order chi connectivity index (χ1) is 7.31. The standard InChI is InChI=1S/C10H19F3N2O/c1-3-5-8(14)9(16)15(6-4-2)7-10(11,12)13/h8H,3-7,14H2,1-2H3/t8-/m1/s1. The highest BCUT2D eigenvalue weighted by molar-refractivity contribution is 5.81. The number of nitrogens with zero attached hydrogens (tertiary/aromatic N) is 1. The molecule has 0 aliphatic heterocycles. The summed E-state index contributed by atoms with van der Waals surface area (Å²) in [5.41, 5.74) is 5.52. The molecule has 0 aliphatic rings. The van der Waals surface area contributed by atoms with E-state index in [0.717, 1.165) is 4.90 Å². The van der Waals surface area contributed by atoms with Gasteiger partial charge in [-0.05, 0) is 12.8 Å². The van der Waals surface area contributed by atoms with Crippen molar-refractivity contribution in [1.29, 1.82) is 0 Å². The van der Waals surface area contributed by atoms with E-state index < -0.39 is 24.7 Å². The third-order valence-corrected chi connectivity index (χ3v) is 2.09. The monoisotopic (exact) mass is 240 g/mol. The first-order valence-corrected chi connectivity index (χ1v) is 5.43. The van der Waals surface area contributed by atoms with E-state index in [-0.39, 0.29) is 6.54 Å². The Morgan fingerprint density at radius 3 is 2.25 bits per heavy atom. The molecule has 0 aromatic heterocycles. The van der Waals surface area contributed by atoms with Crippen LogP contribution in [0.2, 0.25) is 0 Å². The molecule has 0 unspecified atom stereocenters. The molecule has 1 atom stereocenters. The predicted molar refractivity (Wildman–Crippen MR) is 55.8 cm³/mol. The summed E-state index contributed by atoms with van der Waals surface area (Å²) in [6.07, 6.45) is -2.78. The van der Waals surface area contributed by atoms with E-state index in [4.69, 9.17) is 5.73 Å². The van der Waals surface area contributed by atoms with Crippen molar-refractivity contribution >= 4 is 5.91 Å². The van der Waals surface area contributed by atoms with Gasteiger partial charge in [0, 0.05) is 6.54 Å². The molecular formula is C10H19F3N2O. The molecule has 0 rings (SSSR count). The minimum absolute atomic E-state index is 0.0930. The van der Waals surface area contributed by atoms with Crippen molar-refractivity contribution in [3.8, 4) is 0 Å². The number of rotatable bonds is 6. The van der Waals surface area contributed by atoms with Crippen molar-refractivity contribution in [2.24, 2.45) is 5.73 Å². The highest BCUT2D eigenvalue weighted by Gasteiger charge is 2.33. The van der Waals surface area contributed by atoms with Crippen LogP contribution in [0.1, 0.15) is 33.1 Å². The zero-order valence-corrected chi connectivity index (χ0v) is 9.68. The molecule has 3 nitrogen and oxygen atoms in total. The lowest BCUT2D eigenvalue weighted by Crippen LogP contribution is -2.47. The molecular weight excluding hydrogens is 221 g/mol. The van der Waals surface area contributed by atoms with Crippen LogP contribution in [0.25, 0.3) is 0 Å².